The van der Waals surface area contributed by atoms with E-state index in [0.29, 0.717) is 10.0 Å². The highest BCUT2D eigenvalue weighted by Gasteiger charge is 2.24. The molecule has 2 atom stereocenters. The highest BCUT2D eigenvalue weighted by molar-refractivity contribution is 9.10. The Labute approximate surface area is 108 Å². The second kappa shape index (κ2) is 5.46. The number of phenols is 1. The molecule has 0 heterocycles. The van der Waals surface area contributed by atoms with Crippen LogP contribution in [0.5, 0.6) is 5.75 Å². The van der Waals surface area contributed by atoms with Gasteiger partial charge in [0.25, 0.3) is 0 Å². The Hall–Kier alpha value is -1.14. The minimum absolute atomic E-state index is 0.134. The van der Waals surface area contributed by atoms with Crippen molar-refractivity contribution in [1.29, 1.82) is 0 Å². The van der Waals surface area contributed by atoms with Gasteiger partial charge < -0.3 is 10.8 Å². The quantitative estimate of drug-likeness (QED) is 0.660. The van der Waals surface area contributed by atoms with Gasteiger partial charge in [-0.1, -0.05) is 36.2 Å². The summed E-state index contributed by atoms with van der Waals surface area (Å²) in [6, 6.07) is 2.47. The number of halogens is 1. The first-order valence-corrected chi connectivity index (χ1v) is 6.10. The summed E-state index contributed by atoms with van der Waals surface area (Å²) < 4.78 is 0.538. The molecule has 3 N–H and O–H groups in total. The average molecular weight is 303 g/mol. The monoisotopic (exact) mass is 302 g/mol. The molecule has 17 heavy (non-hydrogen) atoms. The maximum atomic E-state index is 10.8. The number of nitrogens with two attached hydrogens (primary N) is 1. The summed E-state index contributed by atoms with van der Waals surface area (Å²) in [7, 11) is 0. The van der Waals surface area contributed by atoms with Crippen molar-refractivity contribution in [3.63, 3.8) is 0 Å². The molecule has 94 valence electrons. The number of phenolic OH excluding ortho intramolecular Hbond substituents is 1. The highest BCUT2D eigenvalue weighted by Crippen LogP contribution is 2.38. The second-order valence-corrected chi connectivity index (χ2v) is 4.95. The summed E-state index contributed by atoms with van der Waals surface area (Å²) in [6.07, 6.45) is 0.834. The largest absolute Gasteiger partial charge is 0.502 e. The molecule has 0 amide bonds. The second-order valence-electron chi connectivity index (χ2n) is 4.03. The van der Waals surface area contributed by atoms with Crippen LogP contribution in [0.1, 0.15) is 31.9 Å². The van der Waals surface area contributed by atoms with Gasteiger partial charge >= 0.3 is 5.69 Å². The van der Waals surface area contributed by atoms with Gasteiger partial charge in [-0.15, -0.1) is 0 Å². The van der Waals surface area contributed by atoms with Crippen LogP contribution in [0.15, 0.2) is 16.6 Å². The maximum Gasteiger partial charge on any atom is 0.312 e. The first kappa shape index (κ1) is 13.9. The molecule has 1 aromatic rings. The molecule has 0 aliphatic heterocycles. The number of nitro groups is 1. The number of benzene rings is 1. The van der Waals surface area contributed by atoms with Crippen LogP contribution in [0.25, 0.3) is 0 Å². The molecule has 0 aliphatic carbocycles. The van der Waals surface area contributed by atoms with Crippen molar-refractivity contribution >= 4 is 21.6 Å². The van der Waals surface area contributed by atoms with Gasteiger partial charge in [-0.3, -0.25) is 10.1 Å². The lowest BCUT2D eigenvalue weighted by molar-refractivity contribution is -0.386. The molecule has 1 aromatic carbocycles. The smallest absolute Gasteiger partial charge is 0.312 e. The van der Waals surface area contributed by atoms with Crippen LogP contribution in [-0.2, 0) is 0 Å². The highest BCUT2D eigenvalue weighted by atomic mass is 79.9. The molecule has 6 heteroatoms. The Morgan fingerprint density at radius 1 is 1.59 bits per heavy atom. The van der Waals surface area contributed by atoms with Crippen molar-refractivity contribution < 1.29 is 10.0 Å². The summed E-state index contributed by atoms with van der Waals surface area (Å²) in [5.74, 6) is -0.208. The molecule has 0 spiro atoms. The first-order chi connectivity index (χ1) is 7.88. The maximum absolute atomic E-state index is 10.8. The molecule has 1 unspecified atom stereocenters. The third-order valence-corrected chi connectivity index (χ3v) is 3.35. The van der Waals surface area contributed by atoms with Crippen LogP contribution in [0.2, 0.25) is 0 Å². The van der Waals surface area contributed by atoms with E-state index in [1.807, 2.05) is 13.8 Å². The third kappa shape index (κ3) is 2.95. The van der Waals surface area contributed by atoms with Gasteiger partial charge in [0, 0.05) is 22.1 Å². The Balaban J connectivity index is 3.29. The lowest BCUT2D eigenvalue weighted by Crippen LogP contribution is -2.19. The van der Waals surface area contributed by atoms with Crippen molar-refractivity contribution in [1.82, 2.24) is 0 Å². The molecule has 0 aliphatic rings. The summed E-state index contributed by atoms with van der Waals surface area (Å²) in [6.45, 7) is 3.92. The van der Waals surface area contributed by atoms with E-state index in [1.165, 1.54) is 6.07 Å². The fourth-order valence-corrected chi connectivity index (χ4v) is 2.02. The predicted molar refractivity (Wildman–Crippen MR) is 68.8 cm³/mol. The first-order valence-electron chi connectivity index (χ1n) is 5.30. The molecule has 0 aromatic heterocycles. The number of nitrogens with zero attached hydrogens (tertiary/aromatic N) is 1. The van der Waals surface area contributed by atoms with Crippen molar-refractivity contribution in [3.8, 4) is 5.75 Å². The van der Waals surface area contributed by atoms with Crippen molar-refractivity contribution in [3.05, 3.63) is 32.3 Å². The van der Waals surface area contributed by atoms with Crippen LogP contribution < -0.4 is 5.73 Å². The zero-order valence-corrected chi connectivity index (χ0v) is 11.3. The summed E-state index contributed by atoms with van der Waals surface area (Å²) >= 11 is 3.18. The average Bonchev–Trinajstić information content (AvgIpc) is 2.29. The van der Waals surface area contributed by atoms with Gasteiger partial charge in [0.2, 0.25) is 0 Å². The zero-order chi connectivity index (χ0) is 13.2. The van der Waals surface area contributed by atoms with E-state index in [-0.39, 0.29) is 17.4 Å². The molecule has 5 nitrogen and oxygen atoms in total. The summed E-state index contributed by atoms with van der Waals surface area (Å²) in [4.78, 5) is 10.2. The van der Waals surface area contributed by atoms with Crippen molar-refractivity contribution in [2.24, 2.45) is 11.7 Å². The number of hydrogen-bond acceptors (Lipinski definition) is 4. The zero-order valence-electron chi connectivity index (χ0n) is 9.68. The molecule has 0 saturated heterocycles. The van der Waals surface area contributed by atoms with E-state index in [0.717, 1.165) is 6.42 Å². The lowest BCUT2D eigenvalue weighted by Gasteiger charge is -2.19. The number of aromatic hydroxyl groups is 1. The molecule has 0 radical (unpaired) electrons. The van der Waals surface area contributed by atoms with Crippen LogP contribution in [0.3, 0.4) is 0 Å². The molecule has 1 rings (SSSR count). The Kier molecular flexibility index (Phi) is 4.47. The summed E-state index contributed by atoms with van der Waals surface area (Å²) in [5, 5.41) is 20.6. The van der Waals surface area contributed by atoms with Gasteiger partial charge in [0.15, 0.2) is 5.75 Å². The number of rotatable bonds is 4. The van der Waals surface area contributed by atoms with Gasteiger partial charge in [-0.25, -0.2) is 0 Å². The molecule has 0 bridgehead atoms. The standard InChI is InChI=1S/C11H15BrN2O3/c1-3-6(2)10(13)8-4-7(12)5-9(11(8)15)14(16)17/h4-6,10,15H,3,13H2,1-2H3/t6?,10-/m0/s1. The number of hydrogen-bond donors (Lipinski definition) is 2. The van der Waals surface area contributed by atoms with E-state index < -0.39 is 11.0 Å². The van der Waals surface area contributed by atoms with E-state index in [4.69, 9.17) is 5.73 Å². The van der Waals surface area contributed by atoms with E-state index >= 15 is 0 Å². The van der Waals surface area contributed by atoms with Gasteiger partial charge in [-0.2, -0.15) is 0 Å². The van der Waals surface area contributed by atoms with Crippen LogP contribution in [-0.4, -0.2) is 10.0 Å². The Morgan fingerprint density at radius 2 is 2.18 bits per heavy atom. The van der Waals surface area contributed by atoms with Crippen LogP contribution >= 0.6 is 15.9 Å². The fourth-order valence-electron chi connectivity index (χ4n) is 1.56. The fraction of sp³-hybridized carbons (Fsp3) is 0.455. The Bertz CT molecular complexity index is 437. The third-order valence-electron chi connectivity index (χ3n) is 2.90. The summed E-state index contributed by atoms with van der Waals surface area (Å²) in [5.41, 5.74) is 6.06. The molecule has 0 saturated carbocycles. The molecule has 0 fully saturated rings. The van der Waals surface area contributed by atoms with Crippen LogP contribution in [0, 0.1) is 16.0 Å². The van der Waals surface area contributed by atoms with Crippen LogP contribution in [0.4, 0.5) is 5.69 Å². The minimum Gasteiger partial charge on any atom is -0.502 e. The minimum atomic E-state index is -0.618. The van der Waals surface area contributed by atoms with Crippen molar-refractivity contribution in [2.45, 2.75) is 26.3 Å². The predicted octanol–water partition coefficient (Wildman–Crippen LogP) is 3.11. The van der Waals surface area contributed by atoms with E-state index in [2.05, 4.69) is 15.9 Å². The van der Waals surface area contributed by atoms with Gasteiger partial charge in [0.1, 0.15) is 0 Å². The normalized spacial score (nSPS) is 14.4. The topological polar surface area (TPSA) is 89.4 Å². The van der Waals surface area contributed by atoms with E-state index in [1.54, 1.807) is 6.07 Å². The number of nitro benzene ring substituents is 1. The SMILES string of the molecule is CCC(C)[C@H](N)c1cc(Br)cc([N+](=O)[O-])c1O. The van der Waals surface area contributed by atoms with Crippen molar-refractivity contribution in [2.75, 3.05) is 0 Å². The Morgan fingerprint density at radius 3 is 2.65 bits per heavy atom. The molecular formula is C11H15BrN2O3. The lowest BCUT2D eigenvalue weighted by atomic mass is 9.92. The van der Waals surface area contributed by atoms with Gasteiger partial charge in [0.05, 0.1) is 4.92 Å². The van der Waals surface area contributed by atoms with Gasteiger partial charge in [-0.05, 0) is 12.0 Å². The van der Waals surface area contributed by atoms with E-state index in [9.17, 15) is 15.2 Å². The molecular weight excluding hydrogens is 288 g/mol.